The first kappa shape index (κ1) is 12.6. The minimum atomic E-state index is 0.373. The summed E-state index contributed by atoms with van der Waals surface area (Å²) in [6.07, 6.45) is 4.42. The van der Waals surface area contributed by atoms with Gasteiger partial charge in [-0.25, -0.2) is 0 Å². The van der Waals surface area contributed by atoms with Crippen LogP contribution in [0.4, 0.5) is 0 Å². The Kier molecular flexibility index (Phi) is 3.75. The molecule has 0 unspecified atom stereocenters. The topological polar surface area (TPSA) is 42.7 Å². The van der Waals surface area contributed by atoms with E-state index in [0.29, 0.717) is 6.04 Å². The van der Waals surface area contributed by atoms with Gasteiger partial charge in [0.25, 0.3) is 0 Å². The number of nitrogens with zero attached hydrogens (tertiary/aromatic N) is 4. The monoisotopic (exact) mass is 260 g/mol. The van der Waals surface area contributed by atoms with Crippen LogP contribution in [0.2, 0.25) is 0 Å². The third-order valence-electron chi connectivity index (χ3n) is 3.73. The Morgan fingerprint density at radius 3 is 3.21 bits per heavy atom. The summed E-state index contributed by atoms with van der Waals surface area (Å²) in [4.78, 5) is 2.46. The van der Waals surface area contributed by atoms with Crippen molar-refractivity contribution in [2.45, 2.75) is 25.8 Å². The highest BCUT2D eigenvalue weighted by Gasteiger charge is 2.29. The maximum absolute atomic E-state index is 5.46. The third kappa shape index (κ3) is 2.48. The van der Waals surface area contributed by atoms with Crippen LogP contribution < -0.4 is 0 Å². The van der Waals surface area contributed by atoms with Gasteiger partial charge in [0.2, 0.25) is 0 Å². The van der Waals surface area contributed by atoms with Gasteiger partial charge in [-0.15, -0.1) is 10.2 Å². The van der Waals surface area contributed by atoms with Gasteiger partial charge in [0.15, 0.2) is 11.5 Å². The fourth-order valence-electron chi connectivity index (χ4n) is 2.80. The molecule has 1 atom stereocenters. The molecular weight excluding hydrogens is 240 g/mol. The molecule has 5 heteroatoms. The van der Waals surface area contributed by atoms with Gasteiger partial charge >= 0.3 is 0 Å². The van der Waals surface area contributed by atoms with Crippen LogP contribution in [0.3, 0.4) is 0 Å². The second-order valence-electron chi connectivity index (χ2n) is 4.88. The summed E-state index contributed by atoms with van der Waals surface area (Å²) in [5.74, 6) is 1.06. The fraction of sp³-hybridized carbons (Fsp3) is 0.571. The van der Waals surface area contributed by atoms with E-state index < -0.39 is 0 Å². The van der Waals surface area contributed by atoms with Gasteiger partial charge in [-0.05, 0) is 38.4 Å². The molecule has 1 aliphatic rings. The molecular formula is C14H20N4O. The van der Waals surface area contributed by atoms with Crippen molar-refractivity contribution in [2.75, 3.05) is 26.3 Å². The molecule has 2 aromatic heterocycles. The van der Waals surface area contributed by atoms with E-state index in [1.54, 1.807) is 0 Å². The van der Waals surface area contributed by atoms with E-state index in [0.717, 1.165) is 44.2 Å². The molecule has 19 heavy (non-hydrogen) atoms. The molecule has 0 N–H and O–H groups in total. The quantitative estimate of drug-likeness (QED) is 0.770. The second-order valence-corrected chi connectivity index (χ2v) is 4.88. The molecule has 5 nitrogen and oxygen atoms in total. The van der Waals surface area contributed by atoms with Gasteiger partial charge in [0.1, 0.15) is 0 Å². The summed E-state index contributed by atoms with van der Waals surface area (Å²) in [6.45, 7) is 5.71. The third-order valence-corrected chi connectivity index (χ3v) is 3.73. The van der Waals surface area contributed by atoms with Crippen LogP contribution in [-0.4, -0.2) is 45.8 Å². The number of aromatic nitrogens is 3. The van der Waals surface area contributed by atoms with Crippen LogP contribution >= 0.6 is 0 Å². The van der Waals surface area contributed by atoms with E-state index in [1.807, 2.05) is 31.3 Å². The summed E-state index contributed by atoms with van der Waals surface area (Å²) >= 11 is 0. The summed E-state index contributed by atoms with van der Waals surface area (Å²) in [5.41, 5.74) is 0.925. The SMILES string of the molecule is CCOCCN1CCC[C@@H]1c1nnc2ccccn12. The van der Waals surface area contributed by atoms with E-state index in [4.69, 9.17) is 4.74 Å². The van der Waals surface area contributed by atoms with Crippen molar-refractivity contribution >= 4 is 5.65 Å². The van der Waals surface area contributed by atoms with Crippen LogP contribution in [-0.2, 0) is 4.74 Å². The first-order valence-corrected chi connectivity index (χ1v) is 7.01. The zero-order valence-corrected chi connectivity index (χ0v) is 11.3. The molecule has 2 aromatic rings. The Morgan fingerprint density at radius 2 is 2.32 bits per heavy atom. The molecule has 102 valence electrons. The highest BCUT2D eigenvalue weighted by atomic mass is 16.5. The average Bonchev–Trinajstić information content (AvgIpc) is 3.04. The number of hydrogen-bond donors (Lipinski definition) is 0. The van der Waals surface area contributed by atoms with Crippen LogP contribution in [0.25, 0.3) is 5.65 Å². The lowest BCUT2D eigenvalue weighted by Crippen LogP contribution is -2.28. The first-order valence-electron chi connectivity index (χ1n) is 7.01. The van der Waals surface area contributed by atoms with Gasteiger partial charge in [-0.1, -0.05) is 6.07 Å². The normalized spacial score (nSPS) is 20.4. The molecule has 1 aliphatic heterocycles. The lowest BCUT2D eigenvalue weighted by Gasteiger charge is -2.22. The zero-order chi connectivity index (χ0) is 13.1. The maximum atomic E-state index is 5.46. The lowest BCUT2D eigenvalue weighted by atomic mass is 10.2. The second kappa shape index (κ2) is 5.67. The molecule has 3 rings (SSSR count). The van der Waals surface area contributed by atoms with Gasteiger partial charge in [0, 0.05) is 19.3 Å². The molecule has 0 aromatic carbocycles. The minimum Gasteiger partial charge on any atom is -0.380 e. The van der Waals surface area contributed by atoms with E-state index in [2.05, 4.69) is 19.5 Å². The van der Waals surface area contributed by atoms with Crippen molar-refractivity contribution < 1.29 is 4.74 Å². The van der Waals surface area contributed by atoms with E-state index in [-0.39, 0.29) is 0 Å². The highest BCUT2D eigenvalue weighted by molar-refractivity contribution is 5.37. The van der Waals surface area contributed by atoms with Crippen LogP contribution in [0, 0.1) is 0 Å². The average molecular weight is 260 g/mol. The zero-order valence-electron chi connectivity index (χ0n) is 11.3. The molecule has 0 radical (unpaired) electrons. The Bertz CT molecular complexity index is 539. The molecule has 3 heterocycles. The van der Waals surface area contributed by atoms with Gasteiger partial charge in [0.05, 0.1) is 12.6 Å². The van der Waals surface area contributed by atoms with Crippen LogP contribution in [0.5, 0.6) is 0 Å². The van der Waals surface area contributed by atoms with Crippen molar-refractivity contribution in [3.05, 3.63) is 30.2 Å². The van der Waals surface area contributed by atoms with Crippen LogP contribution in [0.1, 0.15) is 31.6 Å². The predicted molar refractivity (Wildman–Crippen MR) is 73.0 cm³/mol. The number of hydrogen-bond acceptors (Lipinski definition) is 4. The largest absolute Gasteiger partial charge is 0.380 e. The summed E-state index contributed by atoms with van der Waals surface area (Å²) in [6, 6.07) is 6.39. The number of likely N-dealkylation sites (tertiary alicyclic amines) is 1. The highest BCUT2D eigenvalue weighted by Crippen LogP contribution is 2.30. The van der Waals surface area contributed by atoms with E-state index in [1.165, 1.54) is 6.42 Å². The number of fused-ring (bicyclic) bond motifs is 1. The molecule has 0 spiro atoms. The Balaban J connectivity index is 1.80. The molecule has 0 aliphatic carbocycles. The first-order chi connectivity index (χ1) is 9.40. The van der Waals surface area contributed by atoms with Crippen molar-refractivity contribution in [1.29, 1.82) is 0 Å². The van der Waals surface area contributed by atoms with Crippen molar-refractivity contribution in [1.82, 2.24) is 19.5 Å². The molecule has 1 saturated heterocycles. The fourth-order valence-corrected chi connectivity index (χ4v) is 2.80. The summed E-state index contributed by atoms with van der Waals surface area (Å²) < 4.78 is 7.56. The van der Waals surface area contributed by atoms with Gasteiger partial charge < -0.3 is 4.74 Å². The van der Waals surface area contributed by atoms with Gasteiger partial charge in [-0.2, -0.15) is 0 Å². The lowest BCUT2D eigenvalue weighted by molar-refractivity contribution is 0.107. The van der Waals surface area contributed by atoms with Crippen molar-refractivity contribution in [3.63, 3.8) is 0 Å². The maximum Gasteiger partial charge on any atom is 0.160 e. The molecule has 0 amide bonds. The minimum absolute atomic E-state index is 0.373. The Hall–Kier alpha value is -1.46. The van der Waals surface area contributed by atoms with E-state index >= 15 is 0 Å². The van der Waals surface area contributed by atoms with Crippen molar-refractivity contribution in [3.8, 4) is 0 Å². The van der Waals surface area contributed by atoms with E-state index in [9.17, 15) is 0 Å². The standard InChI is InChI=1S/C14H20N4O/c1-2-19-11-10-17-8-5-6-12(17)14-16-15-13-7-3-4-9-18(13)14/h3-4,7,9,12H,2,5-6,8,10-11H2,1H3/t12-/m1/s1. The van der Waals surface area contributed by atoms with Crippen molar-refractivity contribution in [2.24, 2.45) is 0 Å². The molecule has 0 bridgehead atoms. The number of ether oxygens (including phenoxy) is 1. The molecule has 1 fully saturated rings. The Morgan fingerprint density at radius 1 is 1.37 bits per heavy atom. The predicted octanol–water partition coefficient (Wildman–Crippen LogP) is 1.90. The van der Waals surface area contributed by atoms with Gasteiger partial charge in [-0.3, -0.25) is 9.30 Å². The molecule has 0 saturated carbocycles. The van der Waals surface area contributed by atoms with Crippen LogP contribution in [0.15, 0.2) is 24.4 Å². The number of rotatable bonds is 5. The summed E-state index contributed by atoms with van der Waals surface area (Å²) in [5, 5.41) is 8.64. The smallest absolute Gasteiger partial charge is 0.160 e. The summed E-state index contributed by atoms with van der Waals surface area (Å²) in [7, 11) is 0. The number of pyridine rings is 1. The Labute approximate surface area is 113 Å².